The van der Waals surface area contributed by atoms with Crippen LogP contribution in [-0.2, 0) is 11.2 Å². The van der Waals surface area contributed by atoms with Crippen LogP contribution in [0.5, 0.6) is 0 Å². The highest BCUT2D eigenvalue weighted by atomic mass is 32.2. The molecule has 38 heavy (non-hydrogen) atoms. The van der Waals surface area contributed by atoms with E-state index in [4.69, 9.17) is 10.4 Å². The topological polar surface area (TPSA) is 105 Å². The summed E-state index contributed by atoms with van der Waals surface area (Å²) in [6.45, 7) is 7.07. The molecule has 7 nitrogen and oxygen atoms in total. The molecule has 0 bridgehead atoms. The second-order valence-electron chi connectivity index (χ2n) is 8.43. The lowest BCUT2D eigenvalue weighted by Crippen LogP contribution is -2.50. The minimum absolute atomic E-state index is 0.0398. The van der Waals surface area contributed by atoms with E-state index >= 15 is 0 Å². The van der Waals surface area contributed by atoms with Crippen LogP contribution in [0.25, 0.3) is 0 Å². The van der Waals surface area contributed by atoms with Gasteiger partial charge in [0.15, 0.2) is 0 Å². The molecule has 2 N–H and O–H groups in total. The van der Waals surface area contributed by atoms with Crippen LogP contribution in [0.1, 0.15) is 41.3 Å². The number of thioether (sulfide) groups is 2. The summed E-state index contributed by atoms with van der Waals surface area (Å²) >= 11 is 3.75. The number of hydrogen-bond acceptors (Lipinski definition) is 8. The fraction of sp³-hybridized carbons (Fsp3) is 0.321. The number of carbonyl (C=O) groups is 2. The number of benzene rings is 1. The van der Waals surface area contributed by atoms with Crippen molar-refractivity contribution in [2.75, 3.05) is 25.4 Å². The van der Waals surface area contributed by atoms with Crippen molar-refractivity contribution in [3.63, 3.8) is 0 Å². The number of thiophene rings is 1. The number of aliphatic hydroxyl groups excluding tert-OH is 1. The first-order valence-corrected chi connectivity index (χ1v) is 14.7. The molecule has 1 atom stereocenters. The molecule has 2 aromatic rings. The fourth-order valence-corrected chi connectivity index (χ4v) is 5.92. The molecular formula is C28H29N3O4S3. The van der Waals surface area contributed by atoms with Gasteiger partial charge in [-0.05, 0) is 54.9 Å². The van der Waals surface area contributed by atoms with Gasteiger partial charge in [0.25, 0.3) is 5.24 Å². The van der Waals surface area contributed by atoms with Gasteiger partial charge >= 0.3 is 5.97 Å². The van der Waals surface area contributed by atoms with Crippen LogP contribution in [0.3, 0.4) is 0 Å². The highest BCUT2D eigenvalue weighted by Crippen LogP contribution is 2.28. The molecule has 198 valence electrons. The molecule has 0 spiro atoms. The molecule has 3 rings (SSSR count). The van der Waals surface area contributed by atoms with E-state index in [0.29, 0.717) is 49.5 Å². The minimum Gasteiger partial charge on any atom is -0.477 e. The third-order valence-electron chi connectivity index (χ3n) is 5.69. The van der Waals surface area contributed by atoms with Gasteiger partial charge in [-0.25, -0.2) is 9.80 Å². The Bertz CT molecular complexity index is 1300. The molecule has 1 fully saturated rings. The van der Waals surface area contributed by atoms with Gasteiger partial charge in [0, 0.05) is 41.9 Å². The van der Waals surface area contributed by atoms with E-state index in [2.05, 4.69) is 24.5 Å². The van der Waals surface area contributed by atoms with Crippen molar-refractivity contribution < 1.29 is 19.8 Å². The molecular weight excluding hydrogens is 539 g/mol. The number of aliphatic hydroxyl groups is 1. The molecule has 10 heteroatoms. The Kier molecular flexibility index (Phi) is 11.5. The van der Waals surface area contributed by atoms with Gasteiger partial charge in [-0.1, -0.05) is 60.2 Å². The average molecular weight is 568 g/mol. The Labute approximate surface area is 235 Å². The molecule has 0 aliphatic carbocycles. The number of amides is 1. The van der Waals surface area contributed by atoms with Gasteiger partial charge in [0.2, 0.25) is 0 Å². The summed E-state index contributed by atoms with van der Waals surface area (Å²) < 4.78 is 0. The predicted octanol–water partition coefficient (Wildman–Crippen LogP) is 5.32. The van der Waals surface area contributed by atoms with Crippen LogP contribution in [0, 0.1) is 23.2 Å². The number of nitrogens with zero attached hydrogens (tertiary/aromatic N) is 3. The summed E-state index contributed by atoms with van der Waals surface area (Å²) in [7, 11) is 0. The van der Waals surface area contributed by atoms with E-state index in [1.54, 1.807) is 11.1 Å². The molecule has 1 aliphatic rings. The van der Waals surface area contributed by atoms with Gasteiger partial charge < -0.3 is 10.2 Å². The average Bonchev–Trinajstić information content (AvgIpc) is 3.37. The summed E-state index contributed by atoms with van der Waals surface area (Å²) in [5.41, 5.74) is 2.62. The van der Waals surface area contributed by atoms with Crippen LogP contribution in [-0.4, -0.2) is 62.9 Å². The zero-order chi connectivity index (χ0) is 27.5. The number of carboxylic acid groups (broad SMARTS) is 1. The van der Waals surface area contributed by atoms with Crippen molar-refractivity contribution >= 4 is 46.1 Å². The zero-order valence-electron chi connectivity index (χ0n) is 21.1. The Morgan fingerprint density at radius 2 is 2.08 bits per heavy atom. The van der Waals surface area contributed by atoms with Gasteiger partial charge in [0.05, 0.1) is 11.0 Å². The number of allylic oxidation sites excluding steroid dienone is 1. The molecule has 1 aromatic carbocycles. The Hall–Kier alpha value is -2.99. The van der Waals surface area contributed by atoms with Gasteiger partial charge in [-0.2, -0.15) is 5.26 Å². The molecule has 1 unspecified atom stereocenters. The number of aliphatic carboxylic acids is 1. The Balaban J connectivity index is 1.54. The quantitative estimate of drug-likeness (QED) is 0.278. The van der Waals surface area contributed by atoms with E-state index in [0.717, 1.165) is 33.4 Å². The normalized spacial score (nSPS) is 14.9. The molecule has 1 saturated heterocycles. The maximum Gasteiger partial charge on any atom is 0.341 e. The van der Waals surface area contributed by atoms with Crippen molar-refractivity contribution in [1.29, 1.82) is 5.26 Å². The third-order valence-corrected chi connectivity index (χ3v) is 8.49. The monoisotopic (exact) mass is 567 g/mol. The first-order chi connectivity index (χ1) is 18.3. The maximum atomic E-state index is 12.6. The maximum absolute atomic E-state index is 12.6. The number of carboxylic acids is 1. The van der Waals surface area contributed by atoms with Crippen LogP contribution in [0.2, 0.25) is 0 Å². The van der Waals surface area contributed by atoms with E-state index < -0.39 is 12.1 Å². The summed E-state index contributed by atoms with van der Waals surface area (Å²) in [6.07, 6.45) is 2.75. The summed E-state index contributed by atoms with van der Waals surface area (Å²) in [5.74, 6) is 5.83. The third kappa shape index (κ3) is 9.09. The number of hydrazine groups is 1. The minimum atomic E-state index is -1.05. The Morgan fingerprint density at radius 3 is 2.79 bits per heavy atom. The SMILES string of the molecule is C=C(S/C(=C\C)CCN1C(=O)SCCN1CCC(O)Cc1cccc(C#Cc2csc(C#N)c2)c1)C(=O)O. The summed E-state index contributed by atoms with van der Waals surface area (Å²) in [4.78, 5) is 25.2. The first kappa shape index (κ1) is 29.6. The highest BCUT2D eigenvalue weighted by molar-refractivity contribution is 8.13. The smallest absolute Gasteiger partial charge is 0.341 e. The lowest BCUT2D eigenvalue weighted by atomic mass is 10.0. The zero-order valence-corrected chi connectivity index (χ0v) is 23.5. The lowest BCUT2D eigenvalue weighted by molar-refractivity contribution is -0.131. The lowest BCUT2D eigenvalue weighted by Gasteiger charge is -2.38. The number of carbonyl (C=O) groups excluding carboxylic acids is 1. The second-order valence-corrected chi connectivity index (χ2v) is 11.6. The number of hydrogen-bond donors (Lipinski definition) is 2. The van der Waals surface area contributed by atoms with Crippen molar-refractivity contribution in [2.24, 2.45) is 0 Å². The van der Waals surface area contributed by atoms with E-state index in [1.165, 1.54) is 23.1 Å². The van der Waals surface area contributed by atoms with Crippen LogP contribution in [0.4, 0.5) is 4.79 Å². The van der Waals surface area contributed by atoms with Crippen molar-refractivity contribution in [2.45, 2.75) is 32.3 Å². The van der Waals surface area contributed by atoms with E-state index in [9.17, 15) is 14.7 Å². The van der Waals surface area contributed by atoms with Gasteiger partial charge in [0.1, 0.15) is 10.9 Å². The number of nitriles is 1. The fourth-order valence-electron chi connectivity index (χ4n) is 3.74. The molecule has 2 heterocycles. The van der Waals surface area contributed by atoms with Crippen molar-refractivity contribution in [3.8, 4) is 17.9 Å². The summed E-state index contributed by atoms with van der Waals surface area (Å²) in [5, 5.41) is 34.3. The highest BCUT2D eigenvalue weighted by Gasteiger charge is 2.27. The molecule has 1 aliphatic heterocycles. The standard InChI is InChI=1S/C28H29N3O4S3/c1-3-25(38-20(2)27(33)34)10-12-31-28(35)36-14-13-30(31)11-9-24(32)16-22-6-4-5-21(15-22)7-8-23-17-26(18-29)37-19-23/h3-6,15,17,19,24,32H,2,9-14,16H2,1H3,(H,33,34)/b25-3-. The molecule has 0 radical (unpaired) electrons. The number of rotatable bonds is 11. The van der Waals surface area contributed by atoms with Crippen molar-refractivity contribution in [3.05, 3.63) is 79.7 Å². The molecule has 1 aromatic heterocycles. The van der Waals surface area contributed by atoms with Crippen molar-refractivity contribution in [1.82, 2.24) is 10.0 Å². The van der Waals surface area contributed by atoms with Gasteiger partial charge in [-0.15, -0.1) is 11.3 Å². The van der Waals surface area contributed by atoms with Crippen LogP contribution < -0.4 is 0 Å². The predicted molar refractivity (Wildman–Crippen MR) is 155 cm³/mol. The van der Waals surface area contributed by atoms with E-state index in [1.807, 2.05) is 47.7 Å². The summed E-state index contributed by atoms with van der Waals surface area (Å²) in [6, 6.07) is 11.6. The first-order valence-electron chi connectivity index (χ1n) is 12.0. The van der Waals surface area contributed by atoms with Crippen LogP contribution >= 0.6 is 34.9 Å². The second kappa shape index (κ2) is 14.8. The Morgan fingerprint density at radius 1 is 1.29 bits per heavy atom. The largest absolute Gasteiger partial charge is 0.477 e. The van der Waals surface area contributed by atoms with Gasteiger partial charge in [-0.3, -0.25) is 9.80 Å². The van der Waals surface area contributed by atoms with Crippen LogP contribution in [0.15, 0.2) is 58.2 Å². The van der Waals surface area contributed by atoms with E-state index in [-0.39, 0.29) is 10.1 Å². The molecule has 0 saturated carbocycles. The molecule has 1 amide bonds.